The average Bonchev–Trinajstić information content (AvgIpc) is 3.13. The molecule has 0 saturated carbocycles. The largest absolute Gasteiger partial charge is 0.449 e. The Hall–Kier alpha value is -2.68. The van der Waals surface area contributed by atoms with Crippen LogP contribution in [0.3, 0.4) is 0 Å². The highest BCUT2D eigenvalue weighted by Crippen LogP contribution is 2.28. The van der Waals surface area contributed by atoms with Crippen LogP contribution >= 0.6 is 15.9 Å². The van der Waals surface area contributed by atoms with E-state index in [-0.39, 0.29) is 11.1 Å². The van der Waals surface area contributed by atoms with Gasteiger partial charge in [-0.1, -0.05) is 34.1 Å². The van der Waals surface area contributed by atoms with Crippen LogP contribution in [-0.2, 0) is 13.1 Å². The van der Waals surface area contributed by atoms with E-state index in [4.69, 9.17) is 4.42 Å². The van der Waals surface area contributed by atoms with Crippen LogP contribution in [0.25, 0.3) is 22.1 Å². The van der Waals surface area contributed by atoms with Gasteiger partial charge in [-0.2, -0.15) is 0 Å². The third-order valence-electron chi connectivity index (χ3n) is 5.78. The number of aromatic amines is 1. The number of halogens is 1. The van der Waals surface area contributed by atoms with Crippen molar-refractivity contribution in [3.63, 3.8) is 0 Å². The molecule has 7 nitrogen and oxygen atoms in total. The van der Waals surface area contributed by atoms with Gasteiger partial charge in [-0.15, -0.1) is 0 Å². The molecule has 5 rings (SSSR count). The lowest BCUT2D eigenvalue weighted by molar-refractivity contribution is 0.312. The van der Waals surface area contributed by atoms with Crippen molar-refractivity contribution in [2.75, 3.05) is 38.1 Å². The Bertz CT molecular complexity index is 1290. The number of benzene rings is 2. The van der Waals surface area contributed by atoms with Crippen LogP contribution in [-0.4, -0.2) is 48.1 Å². The maximum absolute atomic E-state index is 12.5. The molecular weight excluding hydrogens is 458 g/mol. The van der Waals surface area contributed by atoms with E-state index in [2.05, 4.69) is 72.3 Å². The number of piperazine rings is 1. The average molecular weight is 482 g/mol. The molecule has 3 heterocycles. The molecule has 31 heavy (non-hydrogen) atoms. The standard InChI is InChI=1S/C23H24BrN5O2/c1-28-8-10-29(11-9-28)18-5-3-2-4-15(18)13-25-14-20-26-21-17-12-16(24)6-7-19(17)31-22(21)23(30)27-20/h2-7,12,25H,8-11,13-14H2,1H3,(H,26,27,30). The summed E-state index contributed by atoms with van der Waals surface area (Å²) in [5.74, 6) is 0.595. The van der Waals surface area contributed by atoms with Crippen LogP contribution in [0, 0.1) is 0 Å². The molecule has 2 aromatic heterocycles. The molecular formula is C23H24BrN5O2. The highest BCUT2D eigenvalue weighted by atomic mass is 79.9. The molecule has 0 radical (unpaired) electrons. The fourth-order valence-corrected chi connectivity index (χ4v) is 4.45. The number of nitrogens with zero attached hydrogens (tertiary/aromatic N) is 3. The van der Waals surface area contributed by atoms with E-state index < -0.39 is 0 Å². The number of aromatic nitrogens is 2. The zero-order valence-electron chi connectivity index (χ0n) is 17.3. The van der Waals surface area contributed by atoms with E-state index in [0.29, 0.717) is 30.0 Å². The third-order valence-corrected chi connectivity index (χ3v) is 6.27. The second-order valence-electron chi connectivity index (χ2n) is 7.96. The van der Waals surface area contributed by atoms with Crippen molar-refractivity contribution >= 4 is 43.7 Å². The molecule has 0 unspecified atom stereocenters. The lowest BCUT2D eigenvalue weighted by Gasteiger charge is -2.35. The number of fused-ring (bicyclic) bond motifs is 3. The lowest BCUT2D eigenvalue weighted by atomic mass is 10.1. The number of rotatable bonds is 5. The minimum absolute atomic E-state index is 0.257. The Balaban J connectivity index is 1.35. The number of hydrogen-bond acceptors (Lipinski definition) is 6. The highest BCUT2D eigenvalue weighted by Gasteiger charge is 2.17. The summed E-state index contributed by atoms with van der Waals surface area (Å²) >= 11 is 3.48. The Morgan fingerprint density at radius 2 is 1.94 bits per heavy atom. The van der Waals surface area contributed by atoms with Crippen LogP contribution in [0.15, 0.2) is 56.1 Å². The number of furan rings is 1. The van der Waals surface area contributed by atoms with E-state index in [1.165, 1.54) is 11.3 Å². The van der Waals surface area contributed by atoms with Gasteiger partial charge in [0, 0.05) is 48.3 Å². The summed E-state index contributed by atoms with van der Waals surface area (Å²) in [7, 11) is 2.16. The van der Waals surface area contributed by atoms with Gasteiger partial charge in [0.15, 0.2) is 0 Å². The van der Waals surface area contributed by atoms with Crippen molar-refractivity contribution < 1.29 is 4.42 Å². The summed E-state index contributed by atoms with van der Waals surface area (Å²) in [5, 5.41) is 4.27. The minimum atomic E-state index is -0.257. The number of anilines is 1. The first-order valence-electron chi connectivity index (χ1n) is 10.4. The van der Waals surface area contributed by atoms with Crippen LogP contribution in [0.2, 0.25) is 0 Å². The lowest BCUT2D eigenvalue weighted by Crippen LogP contribution is -2.44. The highest BCUT2D eigenvalue weighted by molar-refractivity contribution is 9.10. The van der Waals surface area contributed by atoms with Crippen molar-refractivity contribution in [2.24, 2.45) is 0 Å². The monoisotopic (exact) mass is 481 g/mol. The van der Waals surface area contributed by atoms with Gasteiger partial charge in [-0.25, -0.2) is 4.98 Å². The molecule has 1 fully saturated rings. The molecule has 2 N–H and O–H groups in total. The van der Waals surface area contributed by atoms with E-state index in [0.717, 1.165) is 36.0 Å². The first-order chi connectivity index (χ1) is 15.1. The summed E-state index contributed by atoms with van der Waals surface area (Å²) < 4.78 is 6.62. The molecule has 4 aromatic rings. The third kappa shape index (κ3) is 4.11. The molecule has 2 aromatic carbocycles. The molecule has 1 saturated heterocycles. The topological polar surface area (TPSA) is 77.4 Å². The maximum atomic E-state index is 12.5. The quantitative estimate of drug-likeness (QED) is 0.454. The normalized spacial score (nSPS) is 15.2. The van der Waals surface area contributed by atoms with Gasteiger partial charge in [-0.05, 0) is 36.9 Å². The second-order valence-corrected chi connectivity index (χ2v) is 8.87. The van der Waals surface area contributed by atoms with Gasteiger partial charge in [0.2, 0.25) is 5.58 Å². The predicted molar refractivity (Wildman–Crippen MR) is 127 cm³/mol. The molecule has 0 bridgehead atoms. The molecule has 0 atom stereocenters. The Morgan fingerprint density at radius 3 is 2.77 bits per heavy atom. The molecule has 1 aliphatic heterocycles. The smallest absolute Gasteiger partial charge is 0.294 e. The van der Waals surface area contributed by atoms with Gasteiger partial charge < -0.3 is 24.5 Å². The van der Waals surface area contributed by atoms with Crippen LogP contribution in [0.4, 0.5) is 5.69 Å². The summed E-state index contributed by atoms with van der Waals surface area (Å²) in [6.07, 6.45) is 0. The molecule has 8 heteroatoms. The van der Waals surface area contributed by atoms with Crippen LogP contribution in [0.5, 0.6) is 0 Å². The van der Waals surface area contributed by atoms with Gasteiger partial charge >= 0.3 is 0 Å². The summed E-state index contributed by atoms with van der Waals surface area (Å²) in [6, 6.07) is 14.2. The van der Waals surface area contributed by atoms with Crippen molar-refractivity contribution in [2.45, 2.75) is 13.1 Å². The van der Waals surface area contributed by atoms with Gasteiger partial charge in [-0.3, -0.25) is 4.79 Å². The fourth-order valence-electron chi connectivity index (χ4n) is 4.09. The maximum Gasteiger partial charge on any atom is 0.294 e. The Labute approximate surface area is 188 Å². The minimum Gasteiger partial charge on any atom is -0.449 e. The first kappa shape index (κ1) is 20.2. The summed E-state index contributed by atoms with van der Waals surface area (Å²) in [4.78, 5) is 24.8. The van der Waals surface area contributed by atoms with Crippen molar-refractivity contribution in [1.82, 2.24) is 20.2 Å². The van der Waals surface area contributed by atoms with Gasteiger partial charge in [0.25, 0.3) is 5.56 Å². The summed E-state index contributed by atoms with van der Waals surface area (Å²) in [6.45, 7) is 5.36. The van der Waals surface area contributed by atoms with Crippen LogP contribution in [0.1, 0.15) is 11.4 Å². The zero-order chi connectivity index (χ0) is 21.4. The molecule has 160 valence electrons. The predicted octanol–water partition coefficient (Wildman–Crippen LogP) is 3.47. The van der Waals surface area contributed by atoms with E-state index in [9.17, 15) is 4.79 Å². The molecule has 1 aliphatic rings. The number of para-hydroxylation sites is 1. The summed E-state index contributed by atoms with van der Waals surface area (Å²) in [5.41, 5.74) is 3.76. The van der Waals surface area contributed by atoms with Crippen molar-refractivity contribution in [1.29, 1.82) is 0 Å². The zero-order valence-corrected chi connectivity index (χ0v) is 18.9. The Morgan fingerprint density at radius 1 is 1.13 bits per heavy atom. The SMILES string of the molecule is CN1CCN(c2ccccc2CNCc2nc3c(oc4ccc(Br)cc43)c(=O)[nH]2)CC1. The van der Waals surface area contributed by atoms with Crippen molar-refractivity contribution in [3.8, 4) is 0 Å². The van der Waals surface area contributed by atoms with Gasteiger partial charge in [0.05, 0.1) is 6.54 Å². The van der Waals surface area contributed by atoms with Crippen LogP contribution < -0.4 is 15.8 Å². The number of likely N-dealkylation sites (N-methyl/N-ethyl adjacent to an activating group) is 1. The van der Waals surface area contributed by atoms with Crippen molar-refractivity contribution in [3.05, 3.63) is 68.7 Å². The fraction of sp³-hybridized carbons (Fsp3) is 0.304. The van der Waals surface area contributed by atoms with E-state index >= 15 is 0 Å². The molecule has 0 aliphatic carbocycles. The second kappa shape index (κ2) is 8.45. The van der Waals surface area contributed by atoms with E-state index in [1.54, 1.807) is 0 Å². The molecule has 0 amide bonds. The molecule has 0 spiro atoms. The number of hydrogen-bond donors (Lipinski definition) is 2. The number of nitrogens with one attached hydrogen (secondary N) is 2. The number of H-pyrrole nitrogens is 1. The van der Waals surface area contributed by atoms with Gasteiger partial charge in [0.1, 0.15) is 16.9 Å². The first-order valence-corrected chi connectivity index (χ1v) is 11.2. The Kier molecular flexibility index (Phi) is 5.52. The van der Waals surface area contributed by atoms with E-state index in [1.807, 2.05) is 18.2 Å².